The topological polar surface area (TPSA) is 131 Å². The normalized spacial score (nSPS) is 14.9. The highest BCUT2D eigenvalue weighted by Crippen LogP contribution is 2.33. The number of methoxy groups -OCH3 is 1. The number of ether oxygens (including phenoxy) is 2. The van der Waals surface area contributed by atoms with Crippen LogP contribution in [0, 0.1) is 0 Å². The molecule has 3 N–H and O–H groups in total. The number of aromatic nitrogens is 2. The molecule has 1 aromatic rings. The van der Waals surface area contributed by atoms with E-state index in [1.807, 2.05) is 0 Å². The molecule has 0 bridgehead atoms. The van der Waals surface area contributed by atoms with Gasteiger partial charge in [0.1, 0.15) is 6.23 Å². The van der Waals surface area contributed by atoms with Gasteiger partial charge in [0.15, 0.2) is 0 Å². The molecule has 1 heterocycles. The molecule has 1 rings (SSSR count). The molecule has 0 aliphatic rings. The fourth-order valence-corrected chi connectivity index (χ4v) is 2.05. The minimum Gasteiger partial charge on any atom is -0.378 e. The van der Waals surface area contributed by atoms with Crippen LogP contribution in [0.1, 0.15) is 19.6 Å². The lowest BCUT2D eigenvalue weighted by atomic mass is 10.2. The van der Waals surface area contributed by atoms with Crippen LogP contribution in [0.5, 0.6) is 0 Å². The zero-order valence-corrected chi connectivity index (χ0v) is 12.7. The van der Waals surface area contributed by atoms with Crippen molar-refractivity contribution in [2.45, 2.75) is 25.7 Å². The molecular formula is C11H19N2O7P. The lowest BCUT2D eigenvalue weighted by Crippen LogP contribution is -2.33. The van der Waals surface area contributed by atoms with Gasteiger partial charge in [-0.25, -0.2) is 4.79 Å². The zero-order chi connectivity index (χ0) is 16.0. The van der Waals surface area contributed by atoms with Crippen molar-refractivity contribution in [3.63, 3.8) is 0 Å². The molecule has 2 atom stereocenters. The van der Waals surface area contributed by atoms with Crippen LogP contribution in [-0.2, 0) is 14.0 Å². The molecule has 0 spiro atoms. The van der Waals surface area contributed by atoms with Crippen molar-refractivity contribution in [2.24, 2.45) is 0 Å². The number of aromatic amines is 1. The molecule has 0 aliphatic heterocycles. The van der Waals surface area contributed by atoms with Gasteiger partial charge in [-0.15, -0.1) is 0 Å². The average molecular weight is 322 g/mol. The number of nitrogens with one attached hydrogen (secondary N) is 1. The molecule has 120 valence electrons. The van der Waals surface area contributed by atoms with Gasteiger partial charge in [0.25, 0.3) is 5.56 Å². The minimum atomic E-state index is -4.09. The molecule has 10 heteroatoms. The first-order valence-corrected chi connectivity index (χ1v) is 8.03. The summed E-state index contributed by atoms with van der Waals surface area (Å²) in [5.74, 6) is 0. The molecule has 0 amide bonds. The van der Waals surface area contributed by atoms with Gasteiger partial charge in [-0.05, 0) is 6.92 Å². The summed E-state index contributed by atoms with van der Waals surface area (Å²) >= 11 is 0. The van der Waals surface area contributed by atoms with Crippen molar-refractivity contribution in [3.05, 3.63) is 33.1 Å². The van der Waals surface area contributed by atoms with Crippen LogP contribution in [0.15, 0.2) is 21.9 Å². The van der Waals surface area contributed by atoms with E-state index in [0.717, 1.165) is 0 Å². The van der Waals surface area contributed by atoms with Gasteiger partial charge in [-0.3, -0.25) is 18.9 Å². The molecule has 0 saturated carbocycles. The van der Waals surface area contributed by atoms with Gasteiger partial charge in [0, 0.05) is 25.8 Å². The fraction of sp³-hybridized carbons (Fsp3) is 0.636. The first kappa shape index (κ1) is 17.8. The van der Waals surface area contributed by atoms with Gasteiger partial charge in [0.05, 0.1) is 18.9 Å². The molecule has 21 heavy (non-hydrogen) atoms. The maximum absolute atomic E-state index is 11.7. The van der Waals surface area contributed by atoms with Gasteiger partial charge in [0.2, 0.25) is 0 Å². The van der Waals surface area contributed by atoms with Crippen LogP contribution in [-0.4, -0.2) is 45.3 Å². The third kappa shape index (κ3) is 6.36. The molecule has 0 aromatic carbocycles. The van der Waals surface area contributed by atoms with E-state index in [0.29, 0.717) is 0 Å². The van der Waals surface area contributed by atoms with Crippen LogP contribution < -0.4 is 11.2 Å². The van der Waals surface area contributed by atoms with E-state index in [2.05, 4.69) is 4.98 Å². The summed E-state index contributed by atoms with van der Waals surface area (Å²) in [7, 11) is -2.68. The van der Waals surface area contributed by atoms with Crippen molar-refractivity contribution in [3.8, 4) is 0 Å². The van der Waals surface area contributed by atoms with Gasteiger partial charge < -0.3 is 19.3 Å². The standard InChI is InChI=1S/C11H19N2O7P/c1-8(20-5-6-21(16,17)18)7-10(19-2)13-4-3-9(14)12-11(13)15/h3-4,8,10H,5-7H2,1-2H3,(H,12,14,15)(H2,16,17,18)/t8-,10-/m0/s1. The summed E-state index contributed by atoms with van der Waals surface area (Å²) in [5.41, 5.74) is -1.10. The Hall–Kier alpha value is -1.25. The van der Waals surface area contributed by atoms with Crippen molar-refractivity contribution >= 4 is 7.60 Å². The lowest BCUT2D eigenvalue weighted by Gasteiger charge is -2.21. The third-order valence-electron chi connectivity index (χ3n) is 2.75. The van der Waals surface area contributed by atoms with E-state index in [1.54, 1.807) is 6.92 Å². The monoisotopic (exact) mass is 322 g/mol. The molecule has 0 fully saturated rings. The highest BCUT2D eigenvalue weighted by Gasteiger charge is 2.18. The van der Waals surface area contributed by atoms with Crippen LogP contribution >= 0.6 is 7.60 Å². The Labute approximate surface area is 120 Å². The maximum atomic E-state index is 11.7. The Morgan fingerprint density at radius 2 is 2.10 bits per heavy atom. The lowest BCUT2D eigenvalue weighted by molar-refractivity contribution is -0.0226. The second-order valence-electron chi connectivity index (χ2n) is 4.51. The second kappa shape index (κ2) is 7.67. The smallest absolute Gasteiger partial charge is 0.330 e. The number of hydrogen-bond acceptors (Lipinski definition) is 5. The summed E-state index contributed by atoms with van der Waals surface area (Å²) in [6, 6.07) is 1.20. The fourth-order valence-electron chi connectivity index (χ4n) is 1.70. The Kier molecular flexibility index (Phi) is 6.50. The first-order chi connectivity index (χ1) is 9.73. The highest BCUT2D eigenvalue weighted by atomic mass is 31.2. The highest BCUT2D eigenvalue weighted by molar-refractivity contribution is 7.51. The second-order valence-corrected chi connectivity index (χ2v) is 6.29. The Morgan fingerprint density at radius 3 is 2.62 bits per heavy atom. The quantitative estimate of drug-likeness (QED) is 0.558. The van der Waals surface area contributed by atoms with Crippen molar-refractivity contribution in [2.75, 3.05) is 19.9 Å². The molecule has 1 aromatic heterocycles. The van der Waals surface area contributed by atoms with E-state index in [-0.39, 0.29) is 25.3 Å². The number of nitrogens with zero attached hydrogens (tertiary/aromatic N) is 1. The Bertz CT molecular complexity index is 605. The third-order valence-corrected chi connectivity index (χ3v) is 3.52. The van der Waals surface area contributed by atoms with E-state index in [9.17, 15) is 14.2 Å². The summed E-state index contributed by atoms with van der Waals surface area (Å²) < 4.78 is 22.4. The molecule has 0 saturated heterocycles. The predicted molar refractivity (Wildman–Crippen MR) is 74.3 cm³/mol. The molecule has 9 nitrogen and oxygen atoms in total. The molecule has 0 unspecified atom stereocenters. The largest absolute Gasteiger partial charge is 0.378 e. The first-order valence-electron chi connectivity index (χ1n) is 6.23. The average Bonchev–Trinajstić information content (AvgIpc) is 2.35. The van der Waals surface area contributed by atoms with E-state index in [4.69, 9.17) is 19.3 Å². The number of rotatable bonds is 8. The Balaban J connectivity index is 2.63. The minimum absolute atomic E-state index is 0.0948. The van der Waals surface area contributed by atoms with Gasteiger partial charge >= 0.3 is 13.3 Å². The van der Waals surface area contributed by atoms with Crippen LogP contribution in [0.2, 0.25) is 0 Å². The van der Waals surface area contributed by atoms with Crippen molar-refractivity contribution < 1.29 is 23.8 Å². The van der Waals surface area contributed by atoms with Crippen molar-refractivity contribution in [1.29, 1.82) is 0 Å². The zero-order valence-electron chi connectivity index (χ0n) is 11.8. The molecular weight excluding hydrogens is 303 g/mol. The summed E-state index contributed by atoms with van der Waals surface area (Å²) in [6.07, 6.45) is 0.189. The number of hydrogen-bond donors (Lipinski definition) is 3. The van der Waals surface area contributed by atoms with Crippen LogP contribution in [0.4, 0.5) is 0 Å². The summed E-state index contributed by atoms with van der Waals surface area (Å²) in [6.45, 7) is 1.60. The van der Waals surface area contributed by atoms with E-state index >= 15 is 0 Å². The van der Waals surface area contributed by atoms with Crippen LogP contribution in [0.25, 0.3) is 0 Å². The van der Waals surface area contributed by atoms with Crippen LogP contribution in [0.3, 0.4) is 0 Å². The summed E-state index contributed by atoms with van der Waals surface area (Å²) in [5, 5.41) is 0. The van der Waals surface area contributed by atoms with Gasteiger partial charge in [-0.2, -0.15) is 0 Å². The SMILES string of the molecule is CO[C@@H](C[C@H](C)OCCP(=O)(O)O)n1ccc(=O)[nH]c1=O. The number of H-pyrrole nitrogens is 1. The van der Waals surface area contributed by atoms with Crippen molar-refractivity contribution in [1.82, 2.24) is 9.55 Å². The Morgan fingerprint density at radius 1 is 1.43 bits per heavy atom. The predicted octanol–water partition coefficient (Wildman–Crippen LogP) is -0.346. The molecule has 0 radical (unpaired) electrons. The van der Waals surface area contributed by atoms with Gasteiger partial charge in [-0.1, -0.05) is 0 Å². The van der Waals surface area contributed by atoms with E-state index in [1.165, 1.54) is 23.9 Å². The summed E-state index contributed by atoms with van der Waals surface area (Å²) in [4.78, 5) is 42.2. The molecule has 0 aliphatic carbocycles. The van der Waals surface area contributed by atoms with E-state index < -0.39 is 25.1 Å². The maximum Gasteiger partial charge on any atom is 0.330 e.